The fraction of sp³-hybridized carbons (Fsp3) is 0.636. The van der Waals surface area contributed by atoms with Crippen LogP contribution in [-0.4, -0.2) is 41.6 Å². The summed E-state index contributed by atoms with van der Waals surface area (Å²) in [5, 5.41) is 11.1. The van der Waals surface area contributed by atoms with Crippen molar-refractivity contribution >= 4 is 12.0 Å². The van der Waals surface area contributed by atoms with E-state index in [-0.39, 0.29) is 19.0 Å². The summed E-state index contributed by atoms with van der Waals surface area (Å²) in [4.78, 5) is 23.2. The van der Waals surface area contributed by atoms with Crippen LogP contribution in [0, 0.1) is 12.3 Å². The van der Waals surface area contributed by atoms with Gasteiger partial charge in [-0.15, -0.1) is 6.42 Å². The minimum absolute atomic E-state index is 0.137. The molecule has 2 N–H and O–H groups in total. The molecule has 0 rings (SSSR count). The molecule has 0 saturated carbocycles. The minimum atomic E-state index is -0.811. The van der Waals surface area contributed by atoms with Crippen molar-refractivity contribution in [1.29, 1.82) is 0 Å². The van der Waals surface area contributed by atoms with Gasteiger partial charge in [-0.1, -0.05) is 5.92 Å². The van der Waals surface area contributed by atoms with Gasteiger partial charge >= 0.3 is 12.0 Å². The van der Waals surface area contributed by atoms with Crippen molar-refractivity contribution in [2.45, 2.75) is 26.2 Å². The van der Waals surface area contributed by atoms with Crippen LogP contribution in [0.4, 0.5) is 4.79 Å². The molecule has 0 atom stereocenters. The van der Waals surface area contributed by atoms with Gasteiger partial charge in [-0.3, -0.25) is 4.79 Å². The van der Waals surface area contributed by atoms with E-state index < -0.39 is 5.97 Å². The molecule has 0 saturated heterocycles. The second-order valence-corrected chi connectivity index (χ2v) is 3.30. The molecule has 0 fully saturated rings. The second-order valence-electron chi connectivity index (χ2n) is 3.30. The van der Waals surface area contributed by atoms with E-state index in [0.717, 1.165) is 0 Å². The van der Waals surface area contributed by atoms with Crippen molar-refractivity contribution < 1.29 is 14.7 Å². The largest absolute Gasteiger partial charge is 0.481 e. The molecule has 5 heteroatoms. The Morgan fingerprint density at radius 3 is 2.62 bits per heavy atom. The molecule has 0 heterocycles. The van der Waals surface area contributed by atoms with Crippen LogP contribution in [0.15, 0.2) is 0 Å². The van der Waals surface area contributed by atoms with Gasteiger partial charge in [-0.05, 0) is 19.8 Å². The molecule has 0 aromatic carbocycles. The van der Waals surface area contributed by atoms with E-state index in [1.165, 1.54) is 4.90 Å². The van der Waals surface area contributed by atoms with E-state index in [1.54, 1.807) is 0 Å². The molecule has 90 valence electrons. The van der Waals surface area contributed by atoms with Gasteiger partial charge in [0.05, 0.1) is 6.54 Å². The van der Waals surface area contributed by atoms with Crippen molar-refractivity contribution in [2.75, 3.05) is 19.6 Å². The first-order valence-corrected chi connectivity index (χ1v) is 5.29. The Morgan fingerprint density at radius 2 is 2.12 bits per heavy atom. The van der Waals surface area contributed by atoms with Gasteiger partial charge in [0.15, 0.2) is 0 Å². The Morgan fingerprint density at radius 1 is 1.44 bits per heavy atom. The number of unbranched alkanes of at least 4 members (excludes halogenated alkanes) is 1. The van der Waals surface area contributed by atoms with Gasteiger partial charge in [0.2, 0.25) is 0 Å². The van der Waals surface area contributed by atoms with Gasteiger partial charge in [-0.2, -0.15) is 0 Å². The number of nitrogens with one attached hydrogen (secondary N) is 1. The number of carbonyl (C=O) groups is 2. The first-order chi connectivity index (χ1) is 7.61. The third-order valence-corrected chi connectivity index (χ3v) is 2.04. The maximum atomic E-state index is 11.5. The van der Waals surface area contributed by atoms with Gasteiger partial charge in [0.25, 0.3) is 0 Å². The van der Waals surface area contributed by atoms with Crippen LogP contribution in [-0.2, 0) is 4.79 Å². The van der Waals surface area contributed by atoms with Crippen molar-refractivity contribution in [2.24, 2.45) is 0 Å². The van der Waals surface area contributed by atoms with E-state index >= 15 is 0 Å². The van der Waals surface area contributed by atoms with Crippen LogP contribution in [0.5, 0.6) is 0 Å². The Hall–Kier alpha value is -1.70. The summed E-state index contributed by atoms with van der Waals surface area (Å²) in [7, 11) is 0. The van der Waals surface area contributed by atoms with E-state index in [2.05, 4.69) is 11.2 Å². The molecule has 0 aliphatic carbocycles. The van der Waals surface area contributed by atoms with E-state index in [0.29, 0.717) is 25.9 Å². The lowest BCUT2D eigenvalue weighted by Crippen LogP contribution is -2.40. The zero-order valence-electron chi connectivity index (χ0n) is 9.53. The molecule has 0 unspecified atom stereocenters. The predicted octanol–water partition coefficient (Wildman–Crippen LogP) is 0.906. The van der Waals surface area contributed by atoms with Gasteiger partial charge < -0.3 is 15.3 Å². The second kappa shape index (κ2) is 8.60. The maximum Gasteiger partial charge on any atom is 0.318 e. The summed E-state index contributed by atoms with van der Waals surface area (Å²) in [5.74, 6) is 1.59. The number of amides is 2. The monoisotopic (exact) mass is 226 g/mol. The van der Waals surface area contributed by atoms with Crippen molar-refractivity contribution in [3.8, 4) is 12.3 Å². The molecular weight excluding hydrogens is 208 g/mol. The number of aliphatic carboxylic acids is 1. The van der Waals surface area contributed by atoms with Crippen LogP contribution in [0.1, 0.15) is 26.2 Å². The Kier molecular flexibility index (Phi) is 7.68. The number of nitrogens with zero attached hydrogens (tertiary/aromatic N) is 1. The molecule has 0 bridgehead atoms. The van der Waals surface area contributed by atoms with Gasteiger partial charge in [-0.25, -0.2) is 4.79 Å². The summed E-state index contributed by atoms with van der Waals surface area (Å²) in [6.45, 7) is 3.18. The number of rotatable bonds is 7. The average Bonchev–Trinajstić information content (AvgIpc) is 2.24. The minimum Gasteiger partial charge on any atom is -0.481 e. The highest BCUT2D eigenvalue weighted by Crippen LogP contribution is 1.94. The third kappa shape index (κ3) is 6.71. The highest BCUT2D eigenvalue weighted by molar-refractivity contribution is 5.74. The van der Waals surface area contributed by atoms with Crippen LogP contribution in [0.3, 0.4) is 0 Å². The van der Waals surface area contributed by atoms with Crippen LogP contribution < -0.4 is 5.32 Å². The average molecular weight is 226 g/mol. The number of urea groups is 1. The fourth-order valence-electron chi connectivity index (χ4n) is 1.15. The summed E-state index contributed by atoms with van der Waals surface area (Å²) < 4.78 is 0. The number of hydrogen-bond donors (Lipinski definition) is 2. The number of hydrogen-bond acceptors (Lipinski definition) is 2. The summed E-state index contributed by atoms with van der Waals surface area (Å²) in [5.41, 5.74) is 0. The number of terminal acetylenes is 1. The van der Waals surface area contributed by atoms with Crippen molar-refractivity contribution in [3.63, 3.8) is 0 Å². The van der Waals surface area contributed by atoms with Crippen molar-refractivity contribution in [3.05, 3.63) is 0 Å². The van der Waals surface area contributed by atoms with Crippen LogP contribution in [0.25, 0.3) is 0 Å². The zero-order chi connectivity index (χ0) is 12.4. The summed E-state index contributed by atoms with van der Waals surface area (Å²) >= 11 is 0. The number of carbonyl (C=O) groups excluding carboxylic acids is 1. The Balaban J connectivity index is 3.64. The van der Waals surface area contributed by atoms with E-state index in [9.17, 15) is 9.59 Å². The maximum absolute atomic E-state index is 11.5. The predicted molar refractivity (Wildman–Crippen MR) is 61.0 cm³/mol. The molecule has 0 aromatic rings. The molecule has 5 nitrogen and oxygen atoms in total. The zero-order valence-corrected chi connectivity index (χ0v) is 9.53. The van der Waals surface area contributed by atoms with Gasteiger partial charge in [0, 0.05) is 19.5 Å². The fourth-order valence-corrected chi connectivity index (χ4v) is 1.15. The topological polar surface area (TPSA) is 69.6 Å². The van der Waals surface area contributed by atoms with E-state index in [4.69, 9.17) is 11.5 Å². The summed E-state index contributed by atoms with van der Waals surface area (Å²) in [6, 6.07) is -0.198. The SMILES string of the molecule is C#CCN(CC)C(=O)NCCCCC(=O)O. The molecule has 0 aliphatic heterocycles. The molecular formula is C11H18N2O3. The molecule has 0 aliphatic rings. The Bertz CT molecular complexity index is 271. The highest BCUT2D eigenvalue weighted by atomic mass is 16.4. The molecule has 0 radical (unpaired) electrons. The Labute approximate surface area is 95.8 Å². The standard InChI is InChI=1S/C11H18N2O3/c1-3-9-13(4-2)11(16)12-8-6-5-7-10(14)15/h1H,4-9H2,2H3,(H,12,16)(H,14,15). The van der Waals surface area contributed by atoms with Crippen molar-refractivity contribution in [1.82, 2.24) is 10.2 Å². The molecule has 0 spiro atoms. The van der Waals surface area contributed by atoms with Crippen LogP contribution >= 0.6 is 0 Å². The first kappa shape index (κ1) is 14.3. The lowest BCUT2D eigenvalue weighted by Gasteiger charge is -2.18. The first-order valence-electron chi connectivity index (χ1n) is 5.29. The van der Waals surface area contributed by atoms with Gasteiger partial charge in [0.1, 0.15) is 0 Å². The molecule has 16 heavy (non-hydrogen) atoms. The highest BCUT2D eigenvalue weighted by Gasteiger charge is 2.08. The normalized spacial score (nSPS) is 9.25. The smallest absolute Gasteiger partial charge is 0.318 e. The lowest BCUT2D eigenvalue weighted by molar-refractivity contribution is -0.137. The summed E-state index contributed by atoms with van der Waals surface area (Å²) in [6.07, 6.45) is 6.48. The lowest BCUT2D eigenvalue weighted by atomic mass is 10.2. The molecule has 0 aromatic heterocycles. The van der Waals surface area contributed by atoms with E-state index in [1.807, 2.05) is 6.92 Å². The van der Waals surface area contributed by atoms with Crippen LogP contribution in [0.2, 0.25) is 0 Å². The third-order valence-electron chi connectivity index (χ3n) is 2.04. The quantitative estimate of drug-likeness (QED) is 0.500. The number of carboxylic acid groups (broad SMARTS) is 1. The number of carboxylic acids is 1. The molecule has 2 amide bonds.